The summed E-state index contributed by atoms with van der Waals surface area (Å²) in [5.74, 6) is 1.34. The second-order valence-electron chi connectivity index (χ2n) is 5.88. The SMILES string of the molecule is CC(C)c1ccc2c(c1)C(O)CC1(CCNC1)O2. The fourth-order valence-corrected chi connectivity index (χ4v) is 3.00. The first-order valence-corrected chi connectivity index (χ1v) is 6.81. The third-order valence-electron chi connectivity index (χ3n) is 4.16. The molecule has 3 nitrogen and oxygen atoms in total. The van der Waals surface area contributed by atoms with Gasteiger partial charge in [-0.3, -0.25) is 0 Å². The number of hydrogen-bond donors (Lipinski definition) is 2. The minimum absolute atomic E-state index is 0.189. The summed E-state index contributed by atoms with van der Waals surface area (Å²) in [5, 5.41) is 13.7. The maximum Gasteiger partial charge on any atom is 0.126 e. The standard InChI is InChI=1S/C15H21NO2/c1-10(2)11-3-4-14-12(7-11)13(17)8-15(18-14)5-6-16-9-15/h3-4,7,10,13,16-17H,5-6,8-9H2,1-2H3. The van der Waals surface area contributed by atoms with Crippen LogP contribution < -0.4 is 10.1 Å². The maximum absolute atomic E-state index is 10.4. The van der Waals surface area contributed by atoms with Gasteiger partial charge in [0.25, 0.3) is 0 Å². The molecule has 0 amide bonds. The van der Waals surface area contributed by atoms with Crippen molar-refractivity contribution in [2.75, 3.05) is 13.1 Å². The van der Waals surface area contributed by atoms with Crippen molar-refractivity contribution in [3.8, 4) is 5.75 Å². The molecule has 2 unspecified atom stereocenters. The Morgan fingerprint density at radius 1 is 1.44 bits per heavy atom. The number of hydrogen-bond acceptors (Lipinski definition) is 3. The molecule has 3 heteroatoms. The molecular weight excluding hydrogens is 226 g/mol. The Bertz CT molecular complexity index is 450. The Balaban J connectivity index is 1.95. The summed E-state index contributed by atoms with van der Waals surface area (Å²) >= 11 is 0. The van der Waals surface area contributed by atoms with E-state index in [1.165, 1.54) is 5.56 Å². The topological polar surface area (TPSA) is 41.5 Å². The molecule has 98 valence electrons. The van der Waals surface area contributed by atoms with E-state index in [0.29, 0.717) is 12.3 Å². The molecule has 2 atom stereocenters. The molecule has 0 bridgehead atoms. The molecule has 0 saturated carbocycles. The van der Waals surface area contributed by atoms with Crippen molar-refractivity contribution in [1.82, 2.24) is 5.32 Å². The number of benzene rings is 1. The van der Waals surface area contributed by atoms with Crippen molar-refractivity contribution in [1.29, 1.82) is 0 Å². The number of ether oxygens (including phenoxy) is 1. The highest BCUT2D eigenvalue weighted by Gasteiger charge is 2.42. The number of aliphatic hydroxyl groups is 1. The second kappa shape index (κ2) is 4.25. The van der Waals surface area contributed by atoms with Gasteiger partial charge in [0.05, 0.1) is 6.10 Å². The Morgan fingerprint density at radius 3 is 2.94 bits per heavy atom. The van der Waals surface area contributed by atoms with Gasteiger partial charge in [-0.15, -0.1) is 0 Å². The van der Waals surface area contributed by atoms with E-state index in [4.69, 9.17) is 4.74 Å². The van der Waals surface area contributed by atoms with Crippen LogP contribution in [-0.2, 0) is 0 Å². The van der Waals surface area contributed by atoms with Gasteiger partial charge in [0.15, 0.2) is 0 Å². The Morgan fingerprint density at radius 2 is 2.28 bits per heavy atom. The fraction of sp³-hybridized carbons (Fsp3) is 0.600. The van der Waals surface area contributed by atoms with Crippen LogP contribution in [-0.4, -0.2) is 23.8 Å². The normalized spacial score (nSPS) is 30.6. The van der Waals surface area contributed by atoms with E-state index in [1.54, 1.807) is 0 Å². The van der Waals surface area contributed by atoms with Gasteiger partial charge < -0.3 is 15.2 Å². The highest BCUT2D eigenvalue weighted by atomic mass is 16.5. The third kappa shape index (κ3) is 1.91. The highest BCUT2D eigenvalue weighted by molar-refractivity contribution is 5.42. The van der Waals surface area contributed by atoms with Gasteiger partial charge in [0.1, 0.15) is 11.4 Å². The molecule has 2 aliphatic heterocycles. The molecule has 0 aliphatic carbocycles. The van der Waals surface area contributed by atoms with Crippen LogP contribution in [0.5, 0.6) is 5.75 Å². The fourth-order valence-electron chi connectivity index (χ4n) is 3.00. The average Bonchev–Trinajstić information content (AvgIpc) is 2.76. The quantitative estimate of drug-likeness (QED) is 0.800. The van der Waals surface area contributed by atoms with Crippen LogP contribution in [0.15, 0.2) is 18.2 Å². The van der Waals surface area contributed by atoms with Crippen LogP contribution in [0.1, 0.15) is 49.8 Å². The average molecular weight is 247 g/mol. The first-order chi connectivity index (χ1) is 8.60. The lowest BCUT2D eigenvalue weighted by Gasteiger charge is -2.38. The summed E-state index contributed by atoms with van der Waals surface area (Å²) in [6.45, 7) is 6.15. The minimum Gasteiger partial charge on any atom is -0.485 e. The number of rotatable bonds is 1. The zero-order valence-corrected chi connectivity index (χ0v) is 11.1. The van der Waals surface area contributed by atoms with E-state index in [2.05, 4.69) is 31.3 Å². The van der Waals surface area contributed by atoms with Crippen LogP contribution in [0.4, 0.5) is 0 Å². The van der Waals surface area contributed by atoms with Gasteiger partial charge in [-0.05, 0) is 30.2 Å². The lowest BCUT2D eigenvalue weighted by atomic mass is 9.86. The van der Waals surface area contributed by atoms with Crippen LogP contribution in [0, 0.1) is 0 Å². The number of aliphatic hydroxyl groups excluding tert-OH is 1. The Hall–Kier alpha value is -1.06. The summed E-state index contributed by atoms with van der Waals surface area (Å²) in [7, 11) is 0. The zero-order valence-electron chi connectivity index (χ0n) is 11.1. The van der Waals surface area contributed by atoms with Crippen molar-refractivity contribution in [2.45, 2.75) is 44.3 Å². The van der Waals surface area contributed by atoms with E-state index in [0.717, 1.165) is 30.8 Å². The molecule has 1 spiro atoms. The van der Waals surface area contributed by atoms with Gasteiger partial charge in [-0.1, -0.05) is 19.9 Å². The van der Waals surface area contributed by atoms with Crippen molar-refractivity contribution < 1.29 is 9.84 Å². The van der Waals surface area contributed by atoms with Crippen molar-refractivity contribution in [2.24, 2.45) is 0 Å². The summed E-state index contributed by atoms with van der Waals surface area (Å²) in [5.41, 5.74) is 2.03. The summed E-state index contributed by atoms with van der Waals surface area (Å²) in [4.78, 5) is 0. The first-order valence-electron chi connectivity index (χ1n) is 6.81. The molecule has 1 saturated heterocycles. The second-order valence-corrected chi connectivity index (χ2v) is 5.88. The Kier molecular flexibility index (Phi) is 2.83. The van der Waals surface area contributed by atoms with Crippen molar-refractivity contribution >= 4 is 0 Å². The lowest BCUT2D eigenvalue weighted by Crippen LogP contribution is -2.43. The molecule has 2 heterocycles. The van der Waals surface area contributed by atoms with Gasteiger partial charge in [-0.2, -0.15) is 0 Å². The maximum atomic E-state index is 10.4. The molecular formula is C15H21NO2. The summed E-state index contributed by atoms with van der Waals surface area (Å²) in [6.07, 6.45) is 1.29. The highest BCUT2D eigenvalue weighted by Crippen LogP contribution is 2.43. The molecule has 0 radical (unpaired) electrons. The van der Waals surface area contributed by atoms with Gasteiger partial charge in [0.2, 0.25) is 0 Å². The molecule has 0 aromatic heterocycles. The molecule has 1 fully saturated rings. The molecule has 3 rings (SSSR count). The minimum atomic E-state index is -0.396. The van der Waals surface area contributed by atoms with Crippen LogP contribution in [0.25, 0.3) is 0 Å². The van der Waals surface area contributed by atoms with E-state index in [-0.39, 0.29) is 5.60 Å². The monoisotopic (exact) mass is 247 g/mol. The van der Waals surface area contributed by atoms with Crippen LogP contribution in [0.2, 0.25) is 0 Å². The number of fused-ring (bicyclic) bond motifs is 1. The van der Waals surface area contributed by atoms with E-state index in [9.17, 15) is 5.11 Å². The van der Waals surface area contributed by atoms with Crippen LogP contribution in [0.3, 0.4) is 0 Å². The summed E-state index contributed by atoms with van der Waals surface area (Å²) < 4.78 is 6.16. The largest absolute Gasteiger partial charge is 0.485 e. The van der Waals surface area contributed by atoms with Gasteiger partial charge >= 0.3 is 0 Å². The predicted octanol–water partition coefficient (Wildman–Crippen LogP) is 2.36. The molecule has 2 N–H and O–H groups in total. The molecule has 2 aliphatic rings. The number of nitrogens with one attached hydrogen (secondary N) is 1. The van der Waals surface area contributed by atoms with E-state index >= 15 is 0 Å². The Labute approximate surface area is 108 Å². The van der Waals surface area contributed by atoms with Crippen LogP contribution >= 0.6 is 0 Å². The van der Waals surface area contributed by atoms with Crippen molar-refractivity contribution in [3.63, 3.8) is 0 Å². The predicted molar refractivity (Wildman–Crippen MR) is 71.0 cm³/mol. The molecule has 18 heavy (non-hydrogen) atoms. The zero-order chi connectivity index (χ0) is 12.8. The lowest BCUT2D eigenvalue weighted by molar-refractivity contribution is -0.000357. The summed E-state index contributed by atoms with van der Waals surface area (Å²) in [6, 6.07) is 6.23. The van der Waals surface area contributed by atoms with Gasteiger partial charge in [0, 0.05) is 24.9 Å². The molecule has 1 aromatic carbocycles. The smallest absolute Gasteiger partial charge is 0.126 e. The van der Waals surface area contributed by atoms with E-state index in [1.807, 2.05) is 6.07 Å². The first kappa shape index (κ1) is 12.0. The molecule has 1 aromatic rings. The van der Waals surface area contributed by atoms with Gasteiger partial charge in [-0.25, -0.2) is 0 Å². The third-order valence-corrected chi connectivity index (χ3v) is 4.16. The van der Waals surface area contributed by atoms with Crippen molar-refractivity contribution in [3.05, 3.63) is 29.3 Å². The van der Waals surface area contributed by atoms with E-state index < -0.39 is 6.10 Å².